The largest absolute Gasteiger partial charge is 0.380 e. The number of alkyl halides is 1. The third kappa shape index (κ3) is 1.34. The van der Waals surface area contributed by atoms with Crippen molar-refractivity contribution < 1.29 is 4.74 Å². The Bertz CT molecular complexity index is 244. The molecule has 0 amide bonds. The van der Waals surface area contributed by atoms with E-state index in [1.54, 1.807) is 0 Å². The molecular weight excluding hydrogens is 291 g/mol. The number of piperidine rings is 1. The lowest BCUT2D eigenvalue weighted by atomic mass is 10.1. The molecule has 3 rings (SSSR count). The van der Waals surface area contributed by atoms with Gasteiger partial charge in [0.15, 0.2) is 0 Å². The van der Waals surface area contributed by atoms with Crippen molar-refractivity contribution in [2.24, 2.45) is 11.7 Å². The smallest absolute Gasteiger partial charge is 0.0621 e. The van der Waals surface area contributed by atoms with Crippen LogP contribution in [0.3, 0.4) is 0 Å². The molecule has 4 atom stereocenters. The highest BCUT2D eigenvalue weighted by Gasteiger charge is 2.66. The molecule has 2 N–H and O–H groups in total. The van der Waals surface area contributed by atoms with Gasteiger partial charge in [-0.3, -0.25) is 4.90 Å². The number of hydrogen-bond acceptors (Lipinski definition) is 3. The number of nitrogens with two attached hydrogens (primary N) is 1. The summed E-state index contributed by atoms with van der Waals surface area (Å²) < 4.78 is 6.24. The Morgan fingerprint density at radius 1 is 1.50 bits per heavy atom. The maximum absolute atomic E-state index is 6.30. The summed E-state index contributed by atoms with van der Waals surface area (Å²) in [4.78, 5) is 2.55. The van der Waals surface area contributed by atoms with Crippen LogP contribution in [-0.2, 0) is 4.74 Å². The number of nitrogens with zero attached hydrogens (tertiary/aromatic N) is 1. The molecule has 2 heterocycles. The van der Waals surface area contributed by atoms with Crippen LogP contribution in [-0.4, -0.2) is 46.7 Å². The summed E-state index contributed by atoms with van der Waals surface area (Å²) in [6.45, 7) is 4.18. The zero-order valence-electron chi connectivity index (χ0n) is 8.29. The predicted molar refractivity (Wildman–Crippen MR) is 63.6 cm³/mol. The van der Waals surface area contributed by atoms with Gasteiger partial charge in [0.05, 0.1) is 6.61 Å². The second-order valence-corrected chi connectivity index (χ2v) is 6.26. The van der Waals surface area contributed by atoms with Crippen LogP contribution >= 0.6 is 22.6 Å². The average molecular weight is 308 g/mol. The van der Waals surface area contributed by atoms with E-state index in [2.05, 4.69) is 27.5 Å². The normalized spacial score (nSPS) is 53.1. The van der Waals surface area contributed by atoms with Crippen molar-refractivity contribution in [3.05, 3.63) is 0 Å². The lowest BCUT2D eigenvalue weighted by Gasteiger charge is -2.32. The van der Waals surface area contributed by atoms with Gasteiger partial charge in [0.2, 0.25) is 0 Å². The topological polar surface area (TPSA) is 38.5 Å². The maximum Gasteiger partial charge on any atom is 0.0621 e. The number of rotatable bonds is 1. The van der Waals surface area contributed by atoms with Crippen LogP contribution in [0.5, 0.6) is 0 Å². The molecule has 0 aromatic rings. The summed E-state index contributed by atoms with van der Waals surface area (Å²) in [5.74, 6) is 0.755. The molecule has 4 heteroatoms. The number of likely N-dealkylation sites (tertiary alicyclic amines) is 1. The monoisotopic (exact) mass is 308 g/mol. The van der Waals surface area contributed by atoms with Crippen LogP contribution in [0.1, 0.15) is 12.8 Å². The van der Waals surface area contributed by atoms with Gasteiger partial charge in [0.25, 0.3) is 0 Å². The first kappa shape index (κ1) is 9.81. The molecule has 14 heavy (non-hydrogen) atoms. The Labute approximate surface area is 98.5 Å². The molecule has 3 aliphatic rings. The summed E-state index contributed by atoms with van der Waals surface area (Å²) in [6, 6.07) is 0.653. The van der Waals surface area contributed by atoms with Gasteiger partial charge in [-0.2, -0.15) is 0 Å². The first-order valence-electron chi connectivity index (χ1n) is 5.46. The molecule has 0 radical (unpaired) electrons. The average Bonchev–Trinajstić information content (AvgIpc) is 2.61. The first-order chi connectivity index (χ1) is 6.72. The molecule has 3 fully saturated rings. The molecule has 2 saturated heterocycles. The fraction of sp³-hybridized carbons (Fsp3) is 1.00. The fourth-order valence-corrected chi connectivity index (χ4v) is 4.26. The van der Waals surface area contributed by atoms with E-state index in [1.807, 2.05) is 0 Å². The van der Waals surface area contributed by atoms with Crippen LogP contribution in [0, 0.1) is 5.92 Å². The molecule has 1 saturated carbocycles. The number of fused-ring (bicyclic) bond motifs is 1. The predicted octanol–water partition coefficient (Wildman–Crippen LogP) is 0.612. The van der Waals surface area contributed by atoms with Crippen molar-refractivity contribution in [1.29, 1.82) is 0 Å². The van der Waals surface area contributed by atoms with E-state index in [-0.39, 0.29) is 5.54 Å². The van der Waals surface area contributed by atoms with E-state index in [0.29, 0.717) is 6.04 Å². The lowest BCUT2D eigenvalue weighted by molar-refractivity contribution is 0.0225. The Kier molecular flexibility index (Phi) is 2.31. The van der Waals surface area contributed by atoms with Crippen LogP contribution < -0.4 is 5.73 Å². The van der Waals surface area contributed by atoms with Crippen molar-refractivity contribution >= 4 is 22.6 Å². The summed E-state index contributed by atoms with van der Waals surface area (Å²) in [5.41, 5.74) is 6.45. The van der Waals surface area contributed by atoms with Gasteiger partial charge in [0, 0.05) is 41.1 Å². The highest BCUT2D eigenvalue weighted by molar-refractivity contribution is 14.1. The molecule has 80 valence electrons. The third-order valence-corrected chi connectivity index (χ3v) is 6.04. The molecule has 1 unspecified atom stereocenters. The van der Waals surface area contributed by atoms with Gasteiger partial charge in [0.1, 0.15) is 0 Å². The molecule has 1 aliphatic carbocycles. The highest BCUT2D eigenvalue weighted by Crippen LogP contribution is 2.53. The molecule has 2 aliphatic heterocycles. The quantitative estimate of drug-likeness (QED) is 0.570. The van der Waals surface area contributed by atoms with Gasteiger partial charge >= 0.3 is 0 Å². The van der Waals surface area contributed by atoms with Gasteiger partial charge in [-0.05, 0) is 12.8 Å². The number of ether oxygens (including phenoxy) is 1. The van der Waals surface area contributed by atoms with Crippen LogP contribution in [0.2, 0.25) is 0 Å². The molecule has 0 bridgehead atoms. The molecule has 0 aromatic heterocycles. The second kappa shape index (κ2) is 3.30. The zero-order chi connectivity index (χ0) is 9.76. The van der Waals surface area contributed by atoms with E-state index in [1.165, 1.54) is 19.4 Å². The van der Waals surface area contributed by atoms with Gasteiger partial charge < -0.3 is 10.5 Å². The van der Waals surface area contributed by atoms with Gasteiger partial charge in [-0.15, -0.1) is 0 Å². The maximum atomic E-state index is 6.30. The lowest BCUT2D eigenvalue weighted by Crippen LogP contribution is -2.45. The standard InChI is InChI=1S/C10H17IN2O/c11-9-8-4-13(6-10(8,9)12)7-2-1-3-14-5-7/h7-9H,1-6,12H2/t7?,8-,9-,10+/m1/s1. The third-order valence-electron chi connectivity index (χ3n) is 4.01. The van der Waals surface area contributed by atoms with Gasteiger partial charge in [-0.1, -0.05) is 22.6 Å². The Morgan fingerprint density at radius 2 is 2.36 bits per heavy atom. The molecular formula is C10H17IN2O. The molecule has 0 spiro atoms. The Balaban J connectivity index is 1.61. The summed E-state index contributed by atoms with van der Waals surface area (Å²) in [6.07, 6.45) is 2.52. The Morgan fingerprint density at radius 3 is 2.93 bits per heavy atom. The van der Waals surface area contributed by atoms with E-state index in [0.717, 1.165) is 29.6 Å². The van der Waals surface area contributed by atoms with Crippen molar-refractivity contribution in [3.8, 4) is 0 Å². The Hall–Kier alpha value is 0.610. The minimum Gasteiger partial charge on any atom is -0.380 e. The summed E-state index contributed by atoms with van der Waals surface area (Å²) >= 11 is 2.51. The van der Waals surface area contributed by atoms with Crippen LogP contribution in [0.25, 0.3) is 0 Å². The molecule has 0 aromatic carbocycles. The van der Waals surface area contributed by atoms with Crippen molar-refractivity contribution in [2.45, 2.75) is 28.3 Å². The van der Waals surface area contributed by atoms with E-state index in [9.17, 15) is 0 Å². The summed E-state index contributed by atoms with van der Waals surface area (Å²) in [5, 5.41) is 0. The zero-order valence-corrected chi connectivity index (χ0v) is 10.4. The number of hydrogen-bond donors (Lipinski definition) is 1. The minimum atomic E-state index is 0.151. The van der Waals surface area contributed by atoms with Crippen molar-refractivity contribution in [3.63, 3.8) is 0 Å². The van der Waals surface area contributed by atoms with Crippen LogP contribution in [0.15, 0.2) is 0 Å². The second-order valence-electron chi connectivity index (χ2n) is 4.92. The van der Waals surface area contributed by atoms with E-state index < -0.39 is 0 Å². The molecule has 3 nitrogen and oxygen atoms in total. The first-order valence-corrected chi connectivity index (χ1v) is 6.71. The SMILES string of the molecule is N[C@@]12CN(C3CCCOC3)C[C@@H]1[C@H]2I. The van der Waals surface area contributed by atoms with E-state index >= 15 is 0 Å². The summed E-state index contributed by atoms with van der Waals surface area (Å²) in [7, 11) is 0. The van der Waals surface area contributed by atoms with Gasteiger partial charge in [-0.25, -0.2) is 0 Å². The van der Waals surface area contributed by atoms with Crippen molar-refractivity contribution in [1.82, 2.24) is 4.90 Å². The minimum absolute atomic E-state index is 0.151. The van der Waals surface area contributed by atoms with Crippen LogP contribution in [0.4, 0.5) is 0 Å². The fourth-order valence-electron chi connectivity index (χ4n) is 2.91. The highest BCUT2D eigenvalue weighted by atomic mass is 127. The van der Waals surface area contributed by atoms with E-state index in [4.69, 9.17) is 10.5 Å². The van der Waals surface area contributed by atoms with Crippen molar-refractivity contribution in [2.75, 3.05) is 26.3 Å². The number of halogens is 1.